The summed E-state index contributed by atoms with van der Waals surface area (Å²) in [4.78, 5) is 0. The summed E-state index contributed by atoms with van der Waals surface area (Å²) < 4.78 is 0.391. The highest BCUT2D eigenvalue weighted by Crippen LogP contribution is 3.04. The van der Waals surface area contributed by atoms with Gasteiger partial charge >= 0.3 is 0 Å². The van der Waals surface area contributed by atoms with E-state index in [-0.39, 0.29) is 0 Å². The Hall–Kier alpha value is 0.960. The molecule has 0 heterocycles. The van der Waals surface area contributed by atoms with Crippen molar-refractivity contribution in [3.63, 3.8) is 0 Å². The molecule has 7 saturated carbocycles. The summed E-state index contributed by atoms with van der Waals surface area (Å²) in [7, 11) is 0. The highest BCUT2D eigenvalue weighted by atomic mass is 79.9. The number of hydrogen-bond acceptors (Lipinski definition) is 0. The largest absolute Gasteiger partial charge is 0.0874 e. The topological polar surface area (TPSA) is 0 Å². The molecule has 13 heavy (non-hydrogen) atoms. The standard InChI is InChI=1S/C11H10Br2/c12-11(13)1-10(11)8-4-2-3-6(8)7(3)9(10)5(2)4/h2-9H,1H2/t2?,3?,4-,5+,6-,7+,8?,9?,10?. The maximum absolute atomic E-state index is 3.91. The second-order valence-corrected chi connectivity index (χ2v) is 10.2. The van der Waals surface area contributed by atoms with Crippen LogP contribution in [-0.2, 0) is 0 Å². The fourth-order valence-electron chi connectivity index (χ4n) is 6.87. The SMILES string of the molecule is BrC1(Br)CC12C1[C@H]3C4C5[C@H]1[C@@H]5C2[C@H]43. The zero-order chi connectivity index (χ0) is 8.33. The van der Waals surface area contributed by atoms with Gasteiger partial charge in [0.2, 0.25) is 0 Å². The zero-order valence-corrected chi connectivity index (χ0v) is 10.3. The fraction of sp³-hybridized carbons (Fsp3) is 1.00. The van der Waals surface area contributed by atoms with Crippen LogP contribution in [0.25, 0.3) is 0 Å². The van der Waals surface area contributed by atoms with Gasteiger partial charge in [0, 0.05) is 5.41 Å². The Labute approximate surface area is 94.1 Å². The number of hydrogen-bond donors (Lipinski definition) is 0. The Bertz CT molecular complexity index is 342. The van der Waals surface area contributed by atoms with Crippen molar-refractivity contribution in [1.82, 2.24) is 0 Å². The molecule has 0 aromatic rings. The maximum atomic E-state index is 3.91. The summed E-state index contributed by atoms with van der Waals surface area (Å²) in [5.74, 6) is 9.74. The molecule has 0 N–H and O–H groups in total. The minimum atomic E-state index is 0.391. The number of alkyl halides is 2. The molecular weight excluding hydrogens is 292 g/mol. The molecule has 0 amide bonds. The predicted octanol–water partition coefficient (Wildman–Crippen LogP) is 2.86. The molecule has 7 atom stereocenters. The second kappa shape index (κ2) is 1.29. The summed E-state index contributed by atoms with van der Waals surface area (Å²) in [5, 5.41) is 0. The van der Waals surface area contributed by atoms with Crippen LogP contribution in [0.1, 0.15) is 6.42 Å². The minimum absolute atomic E-state index is 0.391. The van der Waals surface area contributed by atoms with Gasteiger partial charge in [-0.1, -0.05) is 31.9 Å². The van der Waals surface area contributed by atoms with E-state index < -0.39 is 0 Å². The molecule has 1 spiro atoms. The van der Waals surface area contributed by atoms with Crippen LogP contribution in [0.15, 0.2) is 0 Å². The third-order valence-corrected chi connectivity index (χ3v) is 8.79. The van der Waals surface area contributed by atoms with Crippen molar-refractivity contribution < 1.29 is 0 Å². The monoisotopic (exact) mass is 300 g/mol. The molecular formula is C11H10Br2. The van der Waals surface area contributed by atoms with Gasteiger partial charge in [0.1, 0.15) is 0 Å². The smallest absolute Gasteiger partial charge is 0.0721 e. The summed E-state index contributed by atoms with van der Waals surface area (Å²) in [6.45, 7) is 0. The second-order valence-electron chi connectivity index (χ2n) is 6.44. The van der Waals surface area contributed by atoms with Crippen LogP contribution in [0.2, 0.25) is 0 Å². The third-order valence-electron chi connectivity index (χ3n) is 6.75. The van der Waals surface area contributed by atoms with Crippen LogP contribution in [0, 0.1) is 52.8 Å². The van der Waals surface area contributed by atoms with Crippen molar-refractivity contribution in [1.29, 1.82) is 0 Å². The molecule has 0 nitrogen and oxygen atoms in total. The van der Waals surface area contributed by atoms with Gasteiger partial charge in [0.05, 0.1) is 3.23 Å². The van der Waals surface area contributed by atoms with Gasteiger partial charge in [-0.3, -0.25) is 0 Å². The molecule has 7 fully saturated rings. The molecule has 2 heteroatoms. The van der Waals surface area contributed by atoms with E-state index in [1.165, 1.54) is 53.8 Å². The highest BCUT2D eigenvalue weighted by Gasteiger charge is 3.01. The van der Waals surface area contributed by atoms with E-state index in [9.17, 15) is 0 Å². The Balaban J connectivity index is 1.69. The van der Waals surface area contributed by atoms with Crippen molar-refractivity contribution in [2.75, 3.05) is 0 Å². The Morgan fingerprint density at radius 2 is 1.15 bits per heavy atom. The maximum Gasteiger partial charge on any atom is 0.0874 e. The lowest BCUT2D eigenvalue weighted by atomic mass is 9.88. The van der Waals surface area contributed by atoms with Gasteiger partial charge in [0.25, 0.3) is 0 Å². The van der Waals surface area contributed by atoms with Crippen LogP contribution in [0.3, 0.4) is 0 Å². The molecule has 0 radical (unpaired) electrons. The Morgan fingerprint density at radius 1 is 0.769 bits per heavy atom. The molecule has 7 aliphatic carbocycles. The van der Waals surface area contributed by atoms with E-state index in [1.54, 1.807) is 0 Å². The average Bonchev–Trinajstić information content (AvgIpc) is 2.94. The molecule has 7 aliphatic rings. The van der Waals surface area contributed by atoms with E-state index in [0.717, 1.165) is 5.41 Å². The molecule has 7 rings (SSSR count). The van der Waals surface area contributed by atoms with Gasteiger partial charge in [-0.25, -0.2) is 0 Å². The first-order valence-corrected chi connectivity index (χ1v) is 7.17. The van der Waals surface area contributed by atoms with Crippen LogP contribution >= 0.6 is 31.9 Å². The van der Waals surface area contributed by atoms with E-state index in [0.29, 0.717) is 3.23 Å². The van der Waals surface area contributed by atoms with E-state index in [1.807, 2.05) is 0 Å². The molecule has 0 aliphatic heterocycles. The van der Waals surface area contributed by atoms with Crippen molar-refractivity contribution in [3.8, 4) is 0 Å². The first-order valence-electron chi connectivity index (χ1n) is 5.58. The predicted molar refractivity (Wildman–Crippen MR) is 55.6 cm³/mol. The van der Waals surface area contributed by atoms with Crippen molar-refractivity contribution in [2.45, 2.75) is 9.65 Å². The van der Waals surface area contributed by atoms with E-state index >= 15 is 0 Å². The van der Waals surface area contributed by atoms with Crippen LogP contribution in [-0.4, -0.2) is 3.23 Å². The van der Waals surface area contributed by atoms with Gasteiger partial charge in [-0.2, -0.15) is 0 Å². The minimum Gasteiger partial charge on any atom is -0.0721 e. The first-order chi connectivity index (χ1) is 6.20. The van der Waals surface area contributed by atoms with Crippen molar-refractivity contribution >= 4 is 31.9 Å². The normalized spacial score (nSPS) is 90.9. The average molecular weight is 302 g/mol. The number of rotatable bonds is 0. The lowest BCUT2D eigenvalue weighted by Gasteiger charge is -2.21. The molecule has 2 bridgehead atoms. The molecule has 3 unspecified atom stereocenters. The van der Waals surface area contributed by atoms with Crippen molar-refractivity contribution in [2.24, 2.45) is 52.8 Å². The highest BCUT2D eigenvalue weighted by molar-refractivity contribution is 9.25. The van der Waals surface area contributed by atoms with Crippen LogP contribution in [0.4, 0.5) is 0 Å². The zero-order valence-electron chi connectivity index (χ0n) is 7.08. The van der Waals surface area contributed by atoms with Gasteiger partial charge in [-0.05, 0) is 53.8 Å². The lowest BCUT2D eigenvalue weighted by Crippen LogP contribution is -2.20. The summed E-state index contributed by atoms with van der Waals surface area (Å²) in [6, 6.07) is 0. The molecule has 0 aromatic carbocycles. The van der Waals surface area contributed by atoms with Crippen LogP contribution < -0.4 is 0 Å². The summed E-state index contributed by atoms with van der Waals surface area (Å²) in [5.41, 5.74) is 0.765. The molecule has 0 aromatic heterocycles. The Kier molecular flexibility index (Phi) is 0.645. The van der Waals surface area contributed by atoms with Gasteiger partial charge in [-0.15, -0.1) is 0 Å². The van der Waals surface area contributed by atoms with E-state index in [2.05, 4.69) is 31.9 Å². The first kappa shape index (κ1) is 6.52. The van der Waals surface area contributed by atoms with Gasteiger partial charge < -0.3 is 0 Å². The molecule has 68 valence electrons. The lowest BCUT2D eigenvalue weighted by molar-refractivity contribution is 0.303. The fourth-order valence-corrected chi connectivity index (χ4v) is 8.85. The molecule has 0 saturated heterocycles. The van der Waals surface area contributed by atoms with E-state index in [4.69, 9.17) is 0 Å². The summed E-state index contributed by atoms with van der Waals surface area (Å²) >= 11 is 7.83. The summed E-state index contributed by atoms with van der Waals surface area (Å²) in [6.07, 6.45) is 1.44. The van der Waals surface area contributed by atoms with Crippen molar-refractivity contribution in [3.05, 3.63) is 0 Å². The Morgan fingerprint density at radius 3 is 1.46 bits per heavy atom. The third kappa shape index (κ3) is 0.358. The van der Waals surface area contributed by atoms with Gasteiger partial charge in [0.15, 0.2) is 0 Å². The quantitative estimate of drug-likeness (QED) is 0.604. The van der Waals surface area contributed by atoms with Crippen LogP contribution in [0.5, 0.6) is 0 Å². The number of halogens is 2.